The smallest absolute Gasteiger partial charge is 0.416 e. The second kappa shape index (κ2) is 10.1. The number of hydrogen-bond acceptors (Lipinski definition) is 6. The molecule has 2 aromatic carbocycles. The molecule has 1 N–H and O–H groups in total. The largest absolute Gasteiger partial charge is 0.484 e. The van der Waals surface area contributed by atoms with E-state index in [1.54, 1.807) is 0 Å². The van der Waals surface area contributed by atoms with Gasteiger partial charge in [0, 0.05) is 10.0 Å². The number of nitrogens with one attached hydrogen (secondary N) is 1. The average molecular weight is 595 g/mol. The summed E-state index contributed by atoms with van der Waals surface area (Å²) in [5.41, 5.74) is -2.01. The van der Waals surface area contributed by atoms with Crippen LogP contribution in [0, 0.1) is 0 Å². The molecule has 0 radical (unpaired) electrons. The first-order valence-corrected chi connectivity index (χ1v) is 11.3. The van der Waals surface area contributed by atoms with E-state index in [0.29, 0.717) is 10.5 Å². The molecular formula is C22H14BrClF5N3O4. The Labute approximate surface area is 213 Å². The summed E-state index contributed by atoms with van der Waals surface area (Å²) in [6.07, 6.45) is -4.65. The van der Waals surface area contributed by atoms with Gasteiger partial charge in [-0.3, -0.25) is 4.79 Å². The normalized spacial score (nSPS) is 13.3. The molecule has 4 rings (SSSR count). The van der Waals surface area contributed by atoms with Crippen LogP contribution in [0.15, 0.2) is 46.9 Å². The van der Waals surface area contributed by atoms with E-state index in [4.69, 9.17) is 25.8 Å². The molecule has 1 amide bonds. The van der Waals surface area contributed by atoms with Crippen LogP contribution in [-0.2, 0) is 12.1 Å². The van der Waals surface area contributed by atoms with Gasteiger partial charge >= 0.3 is 6.18 Å². The van der Waals surface area contributed by atoms with Gasteiger partial charge in [0.05, 0.1) is 17.1 Å². The lowest BCUT2D eigenvalue weighted by Crippen LogP contribution is -2.36. The van der Waals surface area contributed by atoms with E-state index in [9.17, 15) is 26.7 Å². The third kappa shape index (κ3) is 5.62. The Bertz CT molecular complexity index is 1310. The number of carbonyl (C=O) groups is 1. The Morgan fingerprint density at radius 1 is 1.08 bits per heavy atom. The van der Waals surface area contributed by atoms with Gasteiger partial charge in [-0.2, -0.15) is 22.0 Å². The highest BCUT2D eigenvalue weighted by atomic mass is 79.9. The van der Waals surface area contributed by atoms with Crippen molar-refractivity contribution in [3.05, 3.63) is 68.7 Å². The minimum atomic E-state index is -4.65. The molecule has 0 bridgehead atoms. The number of rotatable bonds is 6. The van der Waals surface area contributed by atoms with E-state index in [1.165, 1.54) is 18.2 Å². The van der Waals surface area contributed by atoms with Crippen LogP contribution in [0.4, 0.5) is 22.0 Å². The van der Waals surface area contributed by atoms with Crippen molar-refractivity contribution in [3.8, 4) is 23.3 Å². The van der Waals surface area contributed by atoms with Crippen molar-refractivity contribution in [1.82, 2.24) is 15.5 Å². The molecule has 0 atom stereocenters. The molecule has 0 unspecified atom stereocenters. The number of aromatic nitrogens is 2. The van der Waals surface area contributed by atoms with Gasteiger partial charge in [0.2, 0.25) is 5.75 Å². The van der Waals surface area contributed by atoms with Crippen molar-refractivity contribution in [2.75, 3.05) is 19.8 Å². The van der Waals surface area contributed by atoms with Crippen LogP contribution < -0.4 is 19.5 Å². The molecule has 0 aliphatic carbocycles. The van der Waals surface area contributed by atoms with E-state index >= 15 is 0 Å². The molecule has 14 heteroatoms. The molecule has 0 saturated carbocycles. The van der Waals surface area contributed by atoms with Crippen LogP contribution in [-0.4, -0.2) is 35.9 Å². The van der Waals surface area contributed by atoms with Gasteiger partial charge in [0.15, 0.2) is 5.56 Å². The highest BCUT2D eigenvalue weighted by Crippen LogP contribution is 2.39. The SMILES string of the molecule is O=C(NCC(F)(F)c1ccc(Br)cc1Cl)c1c(Oc2cccc(C(F)(F)F)c2)nnc2c1OCCO2. The van der Waals surface area contributed by atoms with Gasteiger partial charge in [-0.1, -0.05) is 39.7 Å². The zero-order valence-corrected chi connectivity index (χ0v) is 20.2. The molecule has 1 aromatic heterocycles. The summed E-state index contributed by atoms with van der Waals surface area (Å²) in [5, 5.41) is 9.25. The van der Waals surface area contributed by atoms with Crippen molar-refractivity contribution in [3.63, 3.8) is 0 Å². The van der Waals surface area contributed by atoms with Crippen LogP contribution in [0.25, 0.3) is 0 Å². The second-order valence-electron chi connectivity index (χ2n) is 7.35. The number of amides is 1. The predicted octanol–water partition coefficient (Wildman–Crippen LogP) is 6.00. The number of halogens is 7. The first-order valence-electron chi connectivity index (χ1n) is 10.1. The Morgan fingerprint density at radius 2 is 1.83 bits per heavy atom. The molecule has 1 aliphatic rings. The monoisotopic (exact) mass is 593 g/mol. The van der Waals surface area contributed by atoms with Crippen LogP contribution in [0.2, 0.25) is 5.02 Å². The van der Waals surface area contributed by atoms with Gasteiger partial charge in [-0.25, -0.2) is 0 Å². The van der Waals surface area contributed by atoms with E-state index < -0.39 is 47.1 Å². The summed E-state index contributed by atoms with van der Waals surface area (Å²) in [6, 6.07) is 7.54. The summed E-state index contributed by atoms with van der Waals surface area (Å²) >= 11 is 9.05. The molecule has 190 valence electrons. The van der Waals surface area contributed by atoms with Crippen LogP contribution in [0.3, 0.4) is 0 Å². The predicted molar refractivity (Wildman–Crippen MR) is 120 cm³/mol. The first kappa shape index (κ1) is 25.9. The molecule has 36 heavy (non-hydrogen) atoms. The Balaban J connectivity index is 1.64. The maximum Gasteiger partial charge on any atom is 0.416 e. The Kier molecular flexibility index (Phi) is 7.23. The number of hydrogen-bond donors (Lipinski definition) is 1. The number of fused-ring (bicyclic) bond motifs is 1. The average Bonchev–Trinajstić information content (AvgIpc) is 2.82. The molecule has 7 nitrogen and oxygen atoms in total. The summed E-state index contributed by atoms with van der Waals surface area (Å²) in [6.45, 7) is -1.10. The quantitative estimate of drug-likeness (QED) is 0.353. The zero-order chi connectivity index (χ0) is 26.1. The van der Waals surface area contributed by atoms with Gasteiger partial charge < -0.3 is 19.5 Å². The topological polar surface area (TPSA) is 82.6 Å². The second-order valence-corrected chi connectivity index (χ2v) is 8.67. The zero-order valence-electron chi connectivity index (χ0n) is 17.8. The molecule has 0 spiro atoms. The van der Waals surface area contributed by atoms with E-state index in [-0.39, 0.29) is 35.6 Å². The van der Waals surface area contributed by atoms with Crippen LogP contribution in [0.1, 0.15) is 21.5 Å². The molecule has 2 heterocycles. The molecular weight excluding hydrogens is 581 g/mol. The lowest BCUT2D eigenvalue weighted by atomic mass is 10.1. The summed E-state index contributed by atoms with van der Waals surface area (Å²) in [7, 11) is 0. The fourth-order valence-electron chi connectivity index (χ4n) is 3.18. The highest BCUT2D eigenvalue weighted by molar-refractivity contribution is 9.10. The van der Waals surface area contributed by atoms with E-state index in [2.05, 4.69) is 31.4 Å². The van der Waals surface area contributed by atoms with Gasteiger partial charge in [0.1, 0.15) is 19.0 Å². The minimum Gasteiger partial charge on any atom is -0.484 e. The maximum atomic E-state index is 14.8. The first-order chi connectivity index (χ1) is 17.0. The maximum absolute atomic E-state index is 14.8. The van der Waals surface area contributed by atoms with Gasteiger partial charge in [-0.15, -0.1) is 10.2 Å². The number of ether oxygens (including phenoxy) is 3. The van der Waals surface area contributed by atoms with Crippen molar-refractivity contribution in [2.45, 2.75) is 12.1 Å². The lowest BCUT2D eigenvalue weighted by Gasteiger charge is -2.22. The number of nitrogens with zero attached hydrogens (tertiary/aromatic N) is 2. The molecule has 3 aromatic rings. The standard InChI is InChI=1S/C22H14BrClF5N3O4/c23-12-4-5-14(15(24)9-12)21(25,26)10-30-18(33)16-17-20(35-7-6-34-17)32-31-19(16)36-13-3-1-2-11(8-13)22(27,28)29/h1-5,8-9H,6-7,10H2,(H,30,33). The van der Waals surface area contributed by atoms with Crippen molar-refractivity contribution in [2.24, 2.45) is 0 Å². The molecule has 0 saturated heterocycles. The Morgan fingerprint density at radius 3 is 2.56 bits per heavy atom. The summed E-state index contributed by atoms with van der Waals surface area (Å²) in [5.74, 6) is -6.03. The minimum absolute atomic E-state index is 0.00731. The van der Waals surface area contributed by atoms with Gasteiger partial charge in [-0.05, 0) is 30.3 Å². The van der Waals surface area contributed by atoms with Gasteiger partial charge in [0.25, 0.3) is 23.6 Å². The number of alkyl halides is 5. The van der Waals surface area contributed by atoms with E-state index in [1.807, 2.05) is 0 Å². The number of benzene rings is 2. The fourth-order valence-corrected chi connectivity index (χ4v) is 3.99. The fraction of sp³-hybridized carbons (Fsp3) is 0.227. The van der Waals surface area contributed by atoms with Crippen LogP contribution >= 0.6 is 27.5 Å². The lowest BCUT2D eigenvalue weighted by molar-refractivity contribution is -0.137. The number of carbonyl (C=O) groups excluding carboxylic acids is 1. The van der Waals surface area contributed by atoms with Crippen molar-refractivity contribution >= 4 is 33.4 Å². The highest BCUT2D eigenvalue weighted by Gasteiger charge is 2.36. The van der Waals surface area contributed by atoms with Crippen molar-refractivity contribution < 1.29 is 41.0 Å². The third-order valence-corrected chi connectivity index (χ3v) is 5.64. The molecule has 0 fully saturated rings. The third-order valence-electron chi connectivity index (χ3n) is 4.83. The molecule has 1 aliphatic heterocycles. The van der Waals surface area contributed by atoms with Crippen LogP contribution in [0.5, 0.6) is 23.3 Å². The Hall–Kier alpha value is -3.19. The van der Waals surface area contributed by atoms with Crippen molar-refractivity contribution in [1.29, 1.82) is 0 Å². The summed E-state index contributed by atoms with van der Waals surface area (Å²) in [4.78, 5) is 13.0. The summed E-state index contributed by atoms with van der Waals surface area (Å²) < 4.78 is 85.5. The van der Waals surface area contributed by atoms with E-state index in [0.717, 1.165) is 18.2 Å².